The molecule has 0 amide bonds. The predicted molar refractivity (Wildman–Crippen MR) is 30.4 cm³/mol. The maximum absolute atomic E-state index is 12.5. The molecule has 1 atom stereocenters. The number of nitrogens with one attached hydrogen (secondary N) is 2. The van der Waals surface area contributed by atoms with Crippen LogP contribution in [0.25, 0.3) is 0 Å². The van der Waals surface area contributed by atoms with Crippen molar-refractivity contribution in [2.75, 3.05) is 0 Å². The summed E-state index contributed by atoms with van der Waals surface area (Å²) in [4.78, 5) is 0. The third-order valence-electron chi connectivity index (χ3n) is 1.02. The molecule has 1 aliphatic rings. The second-order valence-corrected chi connectivity index (χ2v) is 1.77. The number of nitrogens with zero attached hydrogens (tertiary/aromatic N) is 1. The zero-order valence-corrected chi connectivity index (χ0v) is 5.03. The summed E-state index contributed by atoms with van der Waals surface area (Å²) in [6.07, 6.45) is -1.12. The fourth-order valence-corrected chi connectivity index (χ4v) is 0.554. The molecule has 58 valence electrons. The predicted octanol–water partition coefficient (Wildman–Crippen LogP) is -1.61. The maximum atomic E-state index is 12.5. The van der Waals surface area contributed by atoms with Crippen LogP contribution in [0.4, 0.5) is 4.39 Å². The molecule has 6 heteroatoms. The van der Waals surface area contributed by atoms with E-state index in [1.54, 1.807) is 0 Å². The molecule has 1 heterocycles. The topological polar surface area (TPSA) is 67.8 Å². The molecule has 1 rings (SSSR count). The summed E-state index contributed by atoms with van der Waals surface area (Å²) in [5.74, 6) is 0. The molecule has 0 aromatic rings. The van der Waals surface area contributed by atoms with E-state index in [2.05, 4.69) is 11.0 Å². The summed E-state index contributed by atoms with van der Waals surface area (Å²) in [5, 5.41) is 17.5. The average Bonchev–Trinajstić information content (AvgIpc) is 2.36. The highest BCUT2D eigenvalue weighted by Crippen LogP contribution is 2.03. The molecule has 0 aromatic heterocycles. The number of hydrogen-bond donors (Lipinski definition) is 4. The van der Waals surface area contributed by atoms with E-state index in [0.717, 1.165) is 5.01 Å². The fourth-order valence-electron chi connectivity index (χ4n) is 0.554. The molecule has 1 unspecified atom stereocenters. The largest absolute Gasteiger partial charge is 0.364 e. The van der Waals surface area contributed by atoms with Gasteiger partial charge in [-0.05, 0) is 0 Å². The lowest BCUT2D eigenvalue weighted by Crippen LogP contribution is -2.45. The Morgan fingerprint density at radius 3 is 2.60 bits per heavy atom. The number of aliphatic hydroxyl groups excluding tert-OH is 1. The zero-order chi connectivity index (χ0) is 7.56. The first kappa shape index (κ1) is 7.26. The normalized spacial score (nSPS) is 19.8. The average molecular weight is 149 g/mol. The molecule has 0 saturated carbocycles. The highest BCUT2D eigenvalue weighted by molar-refractivity contribution is 4.84. The van der Waals surface area contributed by atoms with Gasteiger partial charge in [0.15, 0.2) is 0 Å². The summed E-state index contributed by atoms with van der Waals surface area (Å²) < 4.78 is 12.5. The van der Waals surface area contributed by atoms with Gasteiger partial charge in [-0.15, -0.1) is 5.53 Å². The number of halogens is 1. The van der Waals surface area contributed by atoms with Gasteiger partial charge < -0.3 is 15.6 Å². The van der Waals surface area contributed by atoms with Crippen LogP contribution in [0.3, 0.4) is 0 Å². The Morgan fingerprint density at radius 1 is 1.50 bits per heavy atom. The summed E-state index contributed by atoms with van der Waals surface area (Å²) >= 11 is 0. The quantitative estimate of drug-likeness (QED) is 0.281. The monoisotopic (exact) mass is 149 g/mol. The molecule has 0 spiro atoms. The van der Waals surface area contributed by atoms with Crippen molar-refractivity contribution in [1.29, 1.82) is 0 Å². The second kappa shape index (κ2) is 2.82. The Hall–Kier alpha value is -0.850. The summed E-state index contributed by atoms with van der Waals surface area (Å²) in [7, 11) is 0. The first-order valence-electron chi connectivity index (χ1n) is 2.68. The minimum Gasteiger partial charge on any atom is -0.364 e. The Labute approximate surface area is 56.7 Å². The van der Waals surface area contributed by atoms with E-state index >= 15 is 0 Å². The Balaban J connectivity index is 2.40. The van der Waals surface area contributed by atoms with Gasteiger partial charge in [0, 0.05) is 12.4 Å². The molecule has 0 bridgehead atoms. The molecular formula is C4H8FN3O2. The highest BCUT2D eigenvalue weighted by Gasteiger charge is 2.22. The van der Waals surface area contributed by atoms with Gasteiger partial charge in [-0.2, -0.15) is 0 Å². The molecule has 0 aromatic carbocycles. The zero-order valence-electron chi connectivity index (χ0n) is 5.03. The molecule has 1 aliphatic heterocycles. The molecule has 4 N–H and O–H groups in total. The molecule has 10 heavy (non-hydrogen) atoms. The second-order valence-electron chi connectivity index (χ2n) is 1.77. The van der Waals surface area contributed by atoms with Crippen molar-refractivity contribution < 1.29 is 14.6 Å². The minimum atomic E-state index is -2.00. The van der Waals surface area contributed by atoms with Gasteiger partial charge in [0.05, 0.1) is 0 Å². The lowest BCUT2D eigenvalue weighted by Gasteiger charge is -2.20. The molecule has 0 radical (unpaired) electrons. The van der Waals surface area contributed by atoms with E-state index < -0.39 is 12.6 Å². The summed E-state index contributed by atoms with van der Waals surface area (Å²) in [5.41, 5.74) is 4.76. The Kier molecular flexibility index (Phi) is 2.05. The number of rotatable bonds is 2. The van der Waals surface area contributed by atoms with Crippen LogP contribution in [0.2, 0.25) is 0 Å². The van der Waals surface area contributed by atoms with Crippen LogP contribution >= 0.6 is 0 Å². The van der Waals surface area contributed by atoms with Crippen molar-refractivity contribution in [1.82, 2.24) is 16.0 Å². The van der Waals surface area contributed by atoms with Crippen LogP contribution in [0, 0.1) is 0 Å². The van der Waals surface area contributed by atoms with E-state index in [9.17, 15) is 4.39 Å². The van der Waals surface area contributed by atoms with E-state index in [0.29, 0.717) is 0 Å². The molecule has 0 fully saturated rings. The molecule has 0 aliphatic carbocycles. The number of alkyl halides is 1. The van der Waals surface area contributed by atoms with Gasteiger partial charge in [-0.3, -0.25) is 5.01 Å². The van der Waals surface area contributed by atoms with Crippen molar-refractivity contribution >= 4 is 0 Å². The van der Waals surface area contributed by atoms with E-state index in [-0.39, 0.29) is 0 Å². The van der Waals surface area contributed by atoms with Gasteiger partial charge in [0.1, 0.15) is 0 Å². The van der Waals surface area contributed by atoms with Crippen molar-refractivity contribution in [2.45, 2.75) is 12.6 Å². The highest BCUT2D eigenvalue weighted by atomic mass is 19.1. The first-order chi connectivity index (χ1) is 4.72. The van der Waals surface area contributed by atoms with Gasteiger partial charge in [0.25, 0.3) is 0 Å². The third kappa shape index (κ3) is 1.35. The van der Waals surface area contributed by atoms with Gasteiger partial charge in [-0.25, -0.2) is 4.39 Å². The van der Waals surface area contributed by atoms with Crippen molar-refractivity contribution in [3.05, 3.63) is 12.4 Å². The molecular weight excluding hydrogens is 141 g/mol. The number of hydrogen-bond acceptors (Lipinski definition) is 5. The Morgan fingerprint density at radius 2 is 2.20 bits per heavy atom. The maximum Gasteiger partial charge on any atom is 0.237 e. The molecule has 0 saturated heterocycles. The van der Waals surface area contributed by atoms with Crippen LogP contribution in [-0.2, 0) is 0 Å². The van der Waals surface area contributed by atoms with Crippen molar-refractivity contribution in [3.63, 3.8) is 0 Å². The lowest BCUT2D eigenvalue weighted by atomic mass is 10.5. The van der Waals surface area contributed by atoms with Crippen LogP contribution in [0.1, 0.15) is 0 Å². The van der Waals surface area contributed by atoms with Crippen LogP contribution in [0.15, 0.2) is 12.4 Å². The standard InChI is InChI=1S/C4H8FN3O2/c5-3(4(9)10)8-2-1-6-7-8/h1-4,6-7,9-10H. The summed E-state index contributed by atoms with van der Waals surface area (Å²) in [6.45, 7) is 0. The van der Waals surface area contributed by atoms with Gasteiger partial charge in [-0.1, -0.05) is 0 Å². The third-order valence-corrected chi connectivity index (χ3v) is 1.02. The minimum absolute atomic E-state index is 0.894. The van der Waals surface area contributed by atoms with Crippen LogP contribution in [-0.4, -0.2) is 27.8 Å². The van der Waals surface area contributed by atoms with E-state index in [1.165, 1.54) is 12.4 Å². The fraction of sp³-hybridized carbons (Fsp3) is 0.500. The number of aliphatic hydroxyl groups is 2. The summed E-state index contributed by atoms with van der Waals surface area (Å²) in [6, 6.07) is 0. The van der Waals surface area contributed by atoms with Crippen LogP contribution < -0.4 is 11.0 Å². The SMILES string of the molecule is OC(O)C(F)N1C=CNN1. The first-order valence-corrected chi connectivity index (χ1v) is 2.68. The van der Waals surface area contributed by atoms with Gasteiger partial charge >= 0.3 is 0 Å². The number of hydrazine groups is 2. The van der Waals surface area contributed by atoms with E-state index in [1.807, 2.05) is 0 Å². The van der Waals surface area contributed by atoms with Gasteiger partial charge in [0.2, 0.25) is 12.6 Å². The van der Waals surface area contributed by atoms with Crippen LogP contribution in [0.5, 0.6) is 0 Å². The smallest absolute Gasteiger partial charge is 0.237 e. The van der Waals surface area contributed by atoms with Crippen molar-refractivity contribution in [3.8, 4) is 0 Å². The lowest BCUT2D eigenvalue weighted by molar-refractivity contribution is -0.144. The van der Waals surface area contributed by atoms with Crippen molar-refractivity contribution in [2.24, 2.45) is 0 Å². The molecule has 5 nitrogen and oxygen atoms in total. The Bertz CT molecular complexity index is 140. The van der Waals surface area contributed by atoms with E-state index in [4.69, 9.17) is 10.2 Å².